The van der Waals surface area contributed by atoms with Gasteiger partial charge in [-0.15, -0.1) is 0 Å². The molecule has 2 aromatic rings. The number of alkyl carbamates (subject to hydrolysis) is 1. The van der Waals surface area contributed by atoms with Crippen LogP contribution in [0.5, 0.6) is 0 Å². The molecule has 1 amide bonds. The van der Waals surface area contributed by atoms with Crippen LogP contribution in [0.15, 0.2) is 72.3 Å². The lowest BCUT2D eigenvalue weighted by atomic mass is 9.84. The molecule has 2 heterocycles. The van der Waals surface area contributed by atoms with E-state index in [9.17, 15) is 14.4 Å². The van der Waals surface area contributed by atoms with Gasteiger partial charge in [0.2, 0.25) is 0 Å². The quantitative estimate of drug-likeness (QED) is 0.0471. The number of ether oxygens (including phenoxy) is 4. The second kappa shape index (κ2) is 16.9. The maximum Gasteiger partial charge on any atom is 0.407 e. The predicted octanol–water partition coefficient (Wildman–Crippen LogP) is 8.73. The number of nitrogens with one attached hydrogen (secondary N) is 1. The fourth-order valence-electron chi connectivity index (χ4n) is 7.97. The molecule has 0 radical (unpaired) electrons. The van der Waals surface area contributed by atoms with Gasteiger partial charge in [-0.25, -0.2) is 9.59 Å². The molecule has 0 bridgehead atoms. The van der Waals surface area contributed by atoms with Crippen molar-refractivity contribution in [1.82, 2.24) is 5.32 Å². The SMILES string of the molecule is C=C1C(=O)O[C@H]2[C@H]1CC/C(COC(=O)CCCCCCCCCCCNC(=O)OCC1c3ccccc3-c3ccccc31)=C\CC[C@@]1(C)O[C@@H]21. The van der Waals surface area contributed by atoms with Crippen LogP contribution in [0, 0.1) is 5.92 Å². The van der Waals surface area contributed by atoms with Gasteiger partial charge in [-0.1, -0.05) is 106 Å². The first kappa shape index (κ1) is 35.9. The van der Waals surface area contributed by atoms with Gasteiger partial charge in [-0.2, -0.15) is 0 Å². The van der Waals surface area contributed by atoms with Crippen molar-refractivity contribution in [3.63, 3.8) is 0 Å². The highest BCUT2D eigenvalue weighted by Crippen LogP contribution is 2.50. The van der Waals surface area contributed by atoms with Gasteiger partial charge >= 0.3 is 18.0 Å². The third-order valence-corrected chi connectivity index (χ3v) is 11.0. The summed E-state index contributed by atoms with van der Waals surface area (Å²) in [4.78, 5) is 37.0. The lowest BCUT2D eigenvalue weighted by Crippen LogP contribution is -2.29. The highest BCUT2D eigenvalue weighted by molar-refractivity contribution is 5.91. The fraction of sp³-hybridized carbons (Fsp3) is 0.548. The molecule has 2 aromatic carbocycles. The van der Waals surface area contributed by atoms with Gasteiger partial charge in [0.25, 0.3) is 0 Å². The Morgan fingerprint density at radius 2 is 1.54 bits per heavy atom. The minimum Gasteiger partial charge on any atom is -0.461 e. The number of carbonyl (C=O) groups is 3. The van der Waals surface area contributed by atoms with Gasteiger partial charge in [-0.05, 0) is 73.3 Å². The first-order valence-corrected chi connectivity index (χ1v) is 18.8. The molecule has 1 N–H and O–H groups in total. The van der Waals surface area contributed by atoms with Crippen molar-refractivity contribution in [2.24, 2.45) is 5.92 Å². The Kier molecular flexibility index (Phi) is 12.1. The number of carbonyl (C=O) groups excluding carboxylic acids is 3. The number of fused-ring (bicyclic) bond motifs is 6. The van der Waals surface area contributed by atoms with Crippen molar-refractivity contribution in [2.75, 3.05) is 19.8 Å². The molecule has 8 heteroatoms. The number of hydrogen-bond donors (Lipinski definition) is 1. The van der Waals surface area contributed by atoms with Crippen LogP contribution in [-0.2, 0) is 28.5 Å². The van der Waals surface area contributed by atoms with Crippen molar-refractivity contribution >= 4 is 18.0 Å². The zero-order valence-electron chi connectivity index (χ0n) is 29.6. The molecule has 2 saturated heterocycles. The number of allylic oxidation sites excluding steroid dienone is 1. The highest BCUT2D eigenvalue weighted by Gasteiger charge is 2.61. The monoisotopic (exact) mass is 683 g/mol. The Balaban J connectivity index is 0.758. The van der Waals surface area contributed by atoms with Gasteiger partial charge in [0.05, 0.1) is 5.60 Å². The summed E-state index contributed by atoms with van der Waals surface area (Å²) < 4.78 is 22.9. The lowest BCUT2D eigenvalue weighted by Gasteiger charge is -2.20. The van der Waals surface area contributed by atoms with E-state index in [1.54, 1.807) is 0 Å². The molecule has 6 rings (SSSR count). The van der Waals surface area contributed by atoms with Gasteiger partial charge < -0.3 is 24.3 Å². The van der Waals surface area contributed by atoms with Gasteiger partial charge in [-0.3, -0.25) is 4.79 Å². The number of rotatable bonds is 16. The van der Waals surface area contributed by atoms with E-state index in [2.05, 4.69) is 61.3 Å². The number of esters is 2. The van der Waals surface area contributed by atoms with E-state index in [1.165, 1.54) is 41.5 Å². The fourth-order valence-corrected chi connectivity index (χ4v) is 7.97. The number of epoxide rings is 1. The summed E-state index contributed by atoms with van der Waals surface area (Å²) in [6.45, 7) is 7.34. The van der Waals surface area contributed by atoms with Crippen LogP contribution >= 0.6 is 0 Å². The average molecular weight is 684 g/mol. The number of hydrogen-bond acceptors (Lipinski definition) is 7. The van der Waals surface area contributed by atoms with E-state index < -0.39 is 0 Å². The Hall–Kier alpha value is -3.91. The van der Waals surface area contributed by atoms with Crippen LogP contribution in [0.1, 0.15) is 114 Å². The molecule has 50 heavy (non-hydrogen) atoms. The topological polar surface area (TPSA) is 103 Å². The zero-order valence-corrected chi connectivity index (χ0v) is 29.6. The van der Waals surface area contributed by atoms with Crippen molar-refractivity contribution in [3.8, 4) is 11.1 Å². The number of benzene rings is 2. The second-order valence-electron chi connectivity index (χ2n) is 14.6. The maximum atomic E-state index is 12.5. The van der Waals surface area contributed by atoms with Crippen LogP contribution < -0.4 is 5.32 Å². The van der Waals surface area contributed by atoms with Crippen LogP contribution in [0.2, 0.25) is 0 Å². The highest BCUT2D eigenvalue weighted by atomic mass is 16.6. The van der Waals surface area contributed by atoms with E-state index in [0.717, 1.165) is 69.8 Å². The van der Waals surface area contributed by atoms with Crippen molar-refractivity contribution in [3.05, 3.63) is 83.5 Å². The molecular formula is C42H53NO7. The molecular weight excluding hydrogens is 630 g/mol. The Labute approximate surface area is 297 Å². The first-order valence-electron chi connectivity index (χ1n) is 18.8. The smallest absolute Gasteiger partial charge is 0.407 e. The van der Waals surface area contributed by atoms with E-state index in [-0.39, 0.29) is 47.7 Å². The summed E-state index contributed by atoms with van der Waals surface area (Å²) in [5, 5.41) is 2.92. The summed E-state index contributed by atoms with van der Waals surface area (Å²) in [6, 6.07) is 16.7. The largest absolute Gasteiger partial charge is 0.461 e. The molecule has 2 fully saturated rings. The normalized spacial score (nSPS) is 24.9. The zero-order chi connectivity index (χ0) is 34.9. The minimum absolute atomic E-state index is 0.0507. The Morgan fingerprint density at radius 3 is 2.24 bits per heavy atom. The first-order chi connectivity index (χ1) is 24.3. The lowest BCUT2D eigenvalue weighted by molar-refractivity contribution is -0.143. The summed E-state index contributed by atoms with van der Waals surface area (Å²) in [5.41, 5.74) is 6.26. The molecule has 0 unspecified atom stereocenters. The third-order valence-electron chi connectivity index (χ3n) is 11.0. The second-order valence-corrected chi connectivity index (χ2v) is 14.6. The van der Waals surface area contributed by atoms with Crippen LogP contribution in [0.4, 0.5) is 4.79 Å². The number of amides is 1. The van der Waals surface area contributed by atoms with Crippen LogP contribution in [0.25, 0.3) is 11.1 Å². The summed E-state index contributed by atoms with van der Waals surface area (Å²) >= 11 is 0. The van der Waals surface area contributed by atoms with Gasteiger partial charge in [0, 0.05) is 30.4 Å². The number of unbranched alkanes of at least 4 members (excludes halogenated alkanes) is 8. The van der Waals surface area contributed by atoms with Crippen molar-refractivity contribution in [1.29, 1.82) is 0 Å². The van der Waals surface area contributed by atoms with E-state index in [1.807, 2.05) is 12.1 Å². The molecule has 8 nitrogen and oxygen atoms in total. The average Bonchev–Trinajstić information content (AvgIpc) is 3.57. The molecule has 2 aliphatic heterocycles. The molecule has 0 saturated carbocycles. The van der Waals surface area contributed by atoms with Crippen LogP contribution in [-0.4, -0.2) is 55.6 Å². The Morgan fingerprint density at radius 1 is 0.900 bits per heavy atom. The van der Waals surface area contributed by atoms with E-state index in [0.29, 0.717) is 31.8 Å². The third kappa shape index (κ3) is 8.87. The summed E-state index contributed by atoms with van der Waals surface area (Å²) in [5.74, 6) is -0.430. The Bertz CT molecular complexity index is 1520. The standard InChI is InChI=1S/C42H53NO7/c1-29-31-24-23-30(17-16-25-42(2)39(50-42)38(31)49-40(29)45)27-47-37(44)22-10-8-6-4-3-5-7-9-15-26-43-41(46)48-28-36-34-20-13-11-18-32(34)33-19-12-14-21-35(33)36/h11-14,17-21,31,36,38-39H,1,3-10,15-16,22-28H2,2H3,(H,43,46)/b30-17+/t31-,38-,39-,42+/m0/s1. The van der Waals surface area contributed by atoms with Crippen LogP contribution in [0.3, 0.4) is 0 Å². The molecule has 4 aliphatic rings. The van der Waals surface area contributed by atoms with Gasteiger partial charge in [0.1, 0.15) is 25.4 Å². The maximum absolute atomic E-state index is 12.5. The summed E-state index contributed by atoms with van der Waals surface area (Å²) in [7, 11) is 0. The molecule has 0 spiro atoms. The summed E-state index contributed by atoms with van der Waals surface area (Å²) in [6.07, 6.45) is 14.9. The van der Waals surface area contributed by atoms with Crippen molar-refractivity contribution in [2.45, 2.75) is 121 Å². The molecule has 268 valence electrons. The van der Waals surface area contributed by atoms with E-state index >= 15 is 0 Å². The predicted molar refractivity (Wildman–Crippen MR) is 193 cm³/mol. The molecule has 4 atom stereocenters. The molecule has 2 aliphatic carbocycles. The molecule has 0 aromatic heterocycles. The van der Waals surface area contributed by atoms with Crippen molar-refractivity contribution < 1.29 is 33.3 Å². The van der Waals surface area contributed by atoms with Gasteiger partial charge in [0.15, 0.2) is 0 Å². The van der Waals surface area contributed by atoms with E-state index in [4.69, 9.17) is 18.9 Å². The minimum atomic E-state index is -0.345.